The van der Waals surface area contributed by atoms with Crippen molar-refractivity contribution in [1.29, 1.82) is 0 Å². The van der Waals surface area contributed by atoms with E-state index in [-0.39, 0.29) is 0 Å². The number of aliphatic imine (C=N–C) groups is 1. The van der Waals surface area contributed by atoms with Crippen molar-refractivity contribution in [2.45, 2.75) is 40.2 Å². The number of nitrogens with zero attached hydrogens (tertiary/aromatic N) is 3. The Kier molecular flexibility index (Phi) is 8.69. The zero-order valence-corrected chi connectivity index (χ0v) is 14.7. The SMILES string of the molecule is CCNC(=NCC(C)N1CCN(C)CC1)NCCC(C)C. The Morgan fingerprint density at radius 2 is 1.76 bits per heavy atom. The van der Waals surface area contributed by atoms with Gasteiger partial charge in [0, 0.05) is 45.3 Å². The van der Waals surface area contributed by atoms with Crippen molar-refractivity contribution in [3.05, 3.63) is 0 Å². The highest BCUT2D eigenvalue weighted by atomic mass is 15.3. The largest absolute Gasteiger partial charge is 0.357 e. The van der Waals surface area contributed by atoms with Crippen molar-refractivity contribution in [2.24, 2.45) is 10.9 Å². The number of likely N-dealkylation sites (N-methyl/N-ethyl adjacent to an activating group) is 1. The molecule has 0 bridgehead atoms. The van der Waals surface area contributed by atoms with Crippen LogP contribution in [-0.2, 0) is 0 Å². The van der Waals surface area contributed by atoms with Gasteiger partial charge in [-0.05, 0) is 33.2 Å². The molecule has 0 spiro atoms. The number of nitrogens with one attached hydrogen (secondary N) is 2. The van der Waals surface area contributed by atoms with Gasteiger partial charge in [-0.25, -0.2) is 0 Å². The zero-order chi connectivity index (χ0) is 15.7. The number of rotatable bonds is 7. The molecule has 0 aromatic carbocycles. The maximum absolute atomic E-state index is 4.74. The van der Waals surface area contributed by atoms with Crippen molar-refractivity contribution in [3.63, 3.8) is 0 Å². The minimum Gasteiger partial charge on any atom is -0.357 e. The van der Waals surface area contributed by atoms with Crippen molar-refractivity contribution in [3.8, 4) is 0 Å². The zero-order valence-electron chi connectivity index (χ0n) is 14.7. The maximum Gasteiger partial charge on any atom is 0.191 e. The molecule has 1 rings (SSSR count). The van der Waals surface area contributed by atoms with Gasteiger partial charge in [-0.1, -0.05) is 13.8 Å². The van der Waals surface area contributed by atoms with Crippen LogP contribution >= 0.6 is 0 Å². The van der Waals surface area contributed by atoms with Gasteiger partial charge < -0.3 is 15.5 Å². The van der Waals surface area contributed by atoms with E-state index in [4.69, 9.17) is 4.99 Å². The predicted molar refractivity (Wildman–Crippen MR) is 92.0 cm³/mol. The van der Waals surface area contributed by atoms with Gasteiger partial charge >= 0.3 is 0 Å². The molecule has 5 heteroatoms. The molecule has 1 atom stereocenters. The van der Waals surface area contributed by atoms with Crippen molar-refractivity contribution < 1.29 is 0 Å². The van der Waals surface area contributed by atoms with Crippen LogP contribution in [0.5, 0.6) is 0 Å². The van der Waals surface area contributed by atoms with Gasteiger partial charge in [-0.3, -0.25) is 9.89 Å². The molecule has 0 radical (unpaired) electrons. The quantitative estimate of drug-likeness (QED) is 0.548. The lowest BCUT2D eigenvalue weighted by Crippen LogP contribution is -2.49. The molecule has 0 amide bonds. The summed E-state index contributed by atoms with van der Waals surface area (Å²) < 4.78 is 0. The van der Waals surface area contributed by atoms with Crippen LogP contribution in [0.15, 0.2) is 4.99 Å². The van der Waals surface area contributed by atoms with Crippen LogP contribution in [0.3, 0.4) is 0 Å². The summed E-state index contributed by atoms with van der Waals surface area (Å²) in [7, 11) is 2.20. The Labute approximate surface area is 131 Å². The first kappa shape index (κ1) is 18.2. The van der Waals surface area contributed by atoms with Crippen molar-refractivity contribution >= 4 is 5.96 Å². The van der Waals surface area contributed by atoms with Crippen molar-refractivity contribution in [2.75, 3.05) is 52.9 Å². The van der Waals surface area contributed by atoms with E-state index in [1.807, 2.05) is 0 Å². The fourth-order valence-corrected chi connectivity index (χ4v) is 2.42. The van der Waals surface area contributed by atoms with Gasteiger partial charge in [0.2, 0.25) is 0 Å². The van der Waals surface area contributed by atoms with Gasteiger partial charge in [0.05, 0.1) is 6.54 Å². The molecule has 0 saturated carbocycles. The first-order valence-corrected chi connectivity index (χ1v) is 8.47. The van der Waals surface area contributed by atoms with Crippen LogP contribution in [0, 0.1) is 5.92 Å². The molecule has 1 aliphatic rings. The van der Waals surface area contributed by atoms with Gasteiger partial charge in [0.15, 0.2) is 5.96 Å². The monoisotopic (exact) mass is 297 g/mol. The Morgan fingerprint density at radius 3 is 2.33 bits per heavy atom. The van der Waals surface area contributed by atoms with E-state index in [2.05, 4.69) is 55.2 Å². The normalized spacial score (nSPS) is 19.8. The van der Waals surface area contributed by atoms with Gasteiger partial charge in [-0.2, -0.15) is 0 Å². The number of guanidine groups is 1. The minimum atomic E-state index is 0.513. The average molecular weight is 297 g/mol. The average Bonchev–Trinajstić information content (AvgIpc) is 2.44. The highest BCUT2D eigenvalue weighted by Gasteiger charge is 2.18. The smallest absolute Gasteiger partial charge is 0.191 e. The summed E-state index contributed by atoms with van der Waals surface area (Å²) in [5.41, 5.74) is 0. The van der Waals surface area contributed by atoms with E-state index < -0.39 is 0 Å². The second kappa shape index (κ2) is 10.0. The fraction of sp³-hybridized carbons (Fsp3) is 0.938. The Morgan fingerprint density at radius 1 is 1.10 bits per heavy atom. The number of piperazine rings is 1. The van der Waals surface area contributed by atoms with E-state index in [0.717, 1.165) is 44.6 Å². The topological polar surface area (TPSA) is 42.9 Å². The molecule has 124 valence electrons. The second-order valence-corrected chi connectivity index (χ2v) is 6.52. The number of hydrogen-bond acceptors (Lipinski definition) is 3. The first-order chi connectivity index (χ1) is 10.0. The Bertz CT molecular complexity index is 295. The lowest BCUT2D eigenvalue weighted by molar-refractivity contribution is 0.122. The van der Waals surface area contributed by atoms with Gasteiger partial charge in [0.25, 0.3) is 0 Å². The summed E-state index contributed by atoms with van der Waals surface area (Å²) in [6.45, 7) is 16.3. The van der Waals surface area contributed by atoms with E-state index in [9.17, 15) is 0 Å². The molecule has 0 aliphatic carbocycles. The summed E-state index contributed by atoms with van der Waals surface area (Å²) in [5, 5.41) is 6.76. The van der Waals surface area contributed by atoms with Gasteiger partial charge in [0.1, 0.15) is 0 Å². The first-order valence-electron chi connectivity index (χ1n) is 8.47. The summed E-state index contributed by atoms with van der Waals surface area (Å²) in [6.07, 6.45) is 1.18. The third kappa shape index (κ3) is 7.67. The molecular formula is C16H35N5. The van der Waals surface area contributed by atoms with Crippen LogP contribution in [0.1, 0.15) is 34.1 Å². The summed E-state index contributed by atoms with van der Waals surface area (Å²) in [5.74, 6) is 1.68. The van der Waals surface area contributed by atoms with Crippen molar-refractivity contribution in [1.82, 2.24) is 20.4 Å². The third-order valence-corrected chi connectivity index (χ3v) is 4.03. The molecule has 1 heterocycles. The van der Waals surface area contributed by atoms with Crippen LogP contribution in [0.2, 0.25) is 0 Å². The Hall–Kier alpha value is -0.810. The van der Waals surface area contributed by atoms with Crippen LogP contribution in [-0.4, -0.2) is 74.7 Å². The fourth-order valence-electron chi connectivity index (χ4n) is 2.42. The van der Waals surface area contributed by atoms with E-state index in [0.29, 0.717) is 6.04 Å². The molecule has 0 aromatic rings. The summed E-state index contributed by atoms with van der Waals surface area (Å²) in [4.78, 5) is 9.68. The predicted octanol–water partition coefficient (Wildman–Crippen LogP) is 1.22. The highest BCUT2D eigenvalue weighted by molar-refractivity contribution is 5.79. The molecule has 21 heavy (non-hydrogen) atoms. The van der Waals surface area contributed by atoms with E-state index >= 15 is 0 Å². The third-order valence-electron chi connectivity index (χ3n) is 4.03. The second-order valence-electron chi connectivity index (χ2n) is 6.52. The minimum absolute atomic E-state index is 0.513. The number of hydrogen-bond donors (Lipinski definition) is 2. The lowest BCUT2D eigenvalue weighted by Gasteiger charge is -2.35. The van der Waals surface area contributed by atoms with Gasteiger partial charge in [-0.15, -0.1) is 0 Å². The lowest BCUT2D eigenvalue weighted by atomic mass is 10.1. The van der Waals surface area contributed by atoms with Crippen LogP contribution in [0.4, 0.5) is 0 Å². The summed E-state index contributed by atoms with van der Waals surface area (Å²) >= 11 is 0. The molecular weight excluding hydrogens is 262 g/mol. The van der Waals surface area contributed by atoms with Crippen LogP contribution in [0.25, 0.3) is 0 Å². The van der Waals surface area contributed by atoms with E-state index in [1.54, 1.807) is 0 Å². The molecule has 1 unspecified atom stereocenters. The molecule has 1 fully saturated rings. The maximum atomic E-state index is 4.74. The van der Waals surface area contributed by atoms with E-state index in [1.165, 1.54) is 19.5 Å². The molecule has 5 nitrogen and oxygen atoms in total. The highest BCUT2D eigenvalue weighted by Crippen LogP contribution is 2.05. The standard InChI is InChI=1S/C16H35N5/c1-6-17-16(18-8-7-14(2)3)19-13-15(4)21-11-9-20(5)10-12-21/h14-15H,6-13H2,1-5H3,(H2,17,18,19). The Balaban J connectivity index is 2.37. The molecule has 1 aliphatic heterocycles. The molecule has 2 N–H and O–H groups in total. The molecule has 1 saturated heterocycles. The summed E-state index contributed by atoms with van der Waals surface area (Å²) in [6, 6.07) is 0.513. The van der Waals surface area contributed by atoms with Crippen LogP contribution < -0.4 is 10.6 Å². The molecule has 0 aromatic heterocycles.